The molecule has 8 heteroatoms. The smallest absolute Gasteiger partial charge is 0.244 e. The van der Waals surface area contributed by atoms with Gasteiger partial charge in [-0.3, -0.25) is 4.79 Å². The molecule has 1 aromatic rings. The predicted molar refractivity (Wildman–Crippen MR) is 88.1 cm³/mol. The standard InChI is InChI=1S/C14H20BrN3O3S/c1-11-3-4-13(12(15)9-11)22(20,21)17(2)10-14(19)18-7-5-16-6-8-18/h3-4,9,16H,5-8,10H2,1-2H3. The summed E-state index contributed by atoms with van der Waals surface area (Å²) < 4.78 is 26.8. The zero-order valence-electron chi connectivity index (χ0n) is 12.7. The van der Waals surface area contributed by atoms with Crippen LogP contribution in [0.25, 0.3) is 0 Å². The van der Waals surface area contributed by atoms with Crippen LogP contribution in [-0.4, -0.2) is 63.3 Å². The van der Waals surface area contributed by atoms with Gasteiger partial charge in [-0.2, -0.15) is 4.31 Å². The number of aryl methyl sites for hydroxylation is 1. The normalized spacial score (nSPS) is 16.1. The van der Waals surface area contributed by atoms with Crippen molar-refractivity contribution in [3.05, 3.63) is 28.2 Å². The molecule has 0 bridgehead atoms. The van der Waals surface area contributed by atoms with Gasteiger partial charge in [-0.1, -0.05) is 6.07 Å². The molecular formula is C14H20BrN3O3S. The molecule has 0 spiro atoms. The summed E-state index contributed by atoms with van der Waals surface area (Å²) >= 11 is 3.28. The molecule has 1 aromatic carbocycles. The van der Waals surface area contributed by atoms with Crippen LogP contribution in [0.4, 0.5) is 0 Å². The van der Waals surface area contributed by atoms with E-state index in [4.69, 9.17) is 0 Å². The molecule has 0 atom stereocenters. The maximum atomic E-state index is 12.6. The van der Waals surface area contributed by atoms with Crippen LogP contribution in [-0.2, 0) is 14.8 Å². The molecule has 6 nitrogen and oxygen atoms in total. The SMILES string of the molecule is Cc1ccc(S(=O)(=O)N(C)CC(=O)N2CCNCC2)c(Br)c1. The van der Waals surface area contributed by atoms with Crippen LogP contribution in [0.3, 0.4) is 0 Å². The highest BCUT2D eigenvalue weighted by Gasteiger charge is 2.27. The first-order valence-electron chi connectivity index (χ1n) is 7.03. The van der Waals surface area contributed by atoms with Crippen LogP contribution in [0.5, 0.6) is 0 Å². The number of likely N-dealkylation sites (N-methyl/N-ethyl adjacent to an activating group) is 1. The molecule has 1 fully saturated rings. The van der Waals surface area contributed by atoms with Gasteiger partial charge in [-0.25, -0.2) is 8.42 Å². The van der Waals surface area contributed by atoms with E-state index in [0.29, 0.717) is 17.6 Å². The number of rotatable bonds is 4. The summed E-state index contributed by atoms with van der Waals surface area (Å²) in [5.41, 5.74) is 0.963. The molecule has 1 aliphatic rings. The molecular weight excluding hydrogens is 370 g/mol. The number of nitrogens with zero attached hydrogens (tertiary/aromatic N) is 2. The Bertz CT molecular complexity index is 657. The van der Waals surface area contributed by atoms with Gasteiger partial charge in [0.1, 0.15) is 0 Å². The highest BCUT2D eigenvalue weighted by Crippen LogP contribution is 2.25. The lowest BCUT2D eigenvalue weighted by Gasteiger charge is -2.29. The molecule has 2 rings (SSSR count). The van der Waals surface area contributed by atoms with E-state index in [9.17, 15) is 13.2 Å². The van der Waals surface area contributed by atoms with E-state index in [1.165, 1.54) is 7.05 Å². The van der Waals surface area contributed by atoms with Crippen LogP contribution >= 0.6 is 15.9 Å². The van der Waals surface area contributed by atoms with E-state index < -0.39 is 10.0 Å². The summed E-state index contributed by atoms with van der Waals surface area (Å²) in [7, 11) is -2.26. The van der Waals surface area contributed by atoms with E-state index >= 15 is 0 Å². The second kappa shape index (κ2) is 7.08. The largest absolute Gasteiger partial charge is 0.339 e. The zero-order chi connectivity index (χ0) is 16.3. The van der Waals surface area contributed by atoms with Crippen LogP contribution in [0, 0.1) is 6.92 Å². The predicted octanol–water partition coefficient (Wildman–Crippen LogP) is 0.810. The average molecular weight is 390 g/mol. The molecule has 0 aliphatic carbocycles. The van der Waals surface area contributed by atoms with Gasteiger partial charge in [-0.05, 0) is 40.5 Å². The number of sulfonamides is 1. The maximum Gasteiger partial charge on any atom is 0.244 e. The molecule has 0 aromatic heterocycles. The maximum absolute atomic E-state index is 12.6. The number of hydrogen-bond donors (Lipinski definition) is 1. The minimum atomic E-state index is -3.70. The van der Waals surface area contributed by atoms with Gasteiger partial charge in [0.05, 0.1) is 11.4 Å². The van der Waals surface area contributed by atoms with Crippen molar-refractivity contribution < 1.29 is 13.2 Å². The second-order valence-corrected chi connectivity index (χ2v) is 8.19. The van der Waals surface area contributed by atoms with Gasteiger partial charge in [0, 0.05) is 37.7 Å². The number of carbonyl (C=O) groups excluding carboxylic acids is 1. The lowest BCUT2D eigenvalue weighted by molar-refractivity contribution is -0.131. The Morgan fingerprint density at radius 1 is 1.36 bits per heavy atom. The molecule has 0 saturated carbocycles. The number of nitrogens with one attached hydrogen (secondary N) is 1. The number of hydrogen-bond acceptors (Lipinski definition) is 4. The first-order chi connectivity index (χ1) is 10.3. The van der Waals surface area contributed by atoms with Crippen molar-refractivity contribution in [3.63, 3.8) is 0 Å². The molecule has 1 amide bonds. The monoisotopic (exact) mass is 389 g/mol. The number of benzene rings is 1. The molecule has 1 heterocycles. The molecule has 1 N–H and O–H groups in total. The van der Waals surface area contributed by atoms with E-state index in [1.54, 1.807) is 23.1 Å². The van der Waals surface area contributed by atoms with E-state index in [0.717, 1.165) is 23.0 Å². The lowest BCUT2D eigenvalue weighted by Crippen LogP contribution is -2.49. The summed E-state index contributed by atoms with van der Waals surface area (Å²) in [5.74, 6) is -0.171. The first kappa shape index (κ1) is 17.4. The third-order valence-corrected chi connectivity index (χ3v) is 6.38. The van der Waals surface area contributed by atoms with Crippen molar-refractivity contribution in [2.75, 3.05) is 39.8 Å². The summed E-state index contributed by atoms with van der Waals surface area (Å²) in [5, 5.41) is 3.16. The van der Waals surface area contributed by atoms with E-state index in [2.05, 4.69) is 21.2 Å². The fraction of sp³-hybridized carbons (Fsp3) is 0.500. The Morgan fingerprint density at radius 2 is 2.00 bits per heavy atom. The molecule has 22 heavy (non-hydrogen) atoms. The van der Waals surface area contributed by atoms with E-state index in [1.807, 2.05) is 6.92 Å². The topological polar surface area (TPSA) is 69.7 Å². The molecule has 1 aliphatic heterocycles. The van der Waals surface area contributed by atoms with Crippen molar-refractivity contribution in [3.8, 4) is 0 Å². The Labute approximate surface area is 139 Å². The van der Waals surface area contributed by atoms with Crippen LogP contribution in [0.2, 0.25) is 0 Å². The van der Waals surface area contributed by atoms with Crippen molar-refractivity contribution in [2.45, 2.75) is 11.8 Å². The van der Waals surface area contributed by atoms with Crippen molar-refractivity contribution in [1.29, 1.82) is 0 Å². The molecule has 1 saturated heterocycles. The van der Waals surface area contributed by atoms with Gasteiger partial charge in [0.15, 0.2) is 0 Å². The van der Waals surface area contributed by atoms with Crippen LogP contribution < -0.4 is 5.32 Å². The second-order valence-electron chi connectivity index (χ2n) is 5.33. The highest BCUT2D eigenvalue weighted by atomic mass is 79.9. The van der Waals surface area contributed by atoms with Crippen molar-refractivity contribution in [1.82, 2.24) is 14.5 Å². The van der Waals surface area contributed by atoms with Crippen LogP contribution in [0.1, 0.15) is 5.56 Å². The summed E-state index contributed by atoms with van der Waals surface area (Å²) in [6.07, 6.45) is 0. The third-order valence-electron chi connectivity index (χ3n) is 3.60. The minimum absolute atomic E-state index is 0.150. The Kier molecular flexibility index (Phi) is 5.60. The average Bonchev–Trinajstić information content (AvgIpc) is 2.47. The Balaban J connectivity index is 2.13. The quantitative estimate of drug-likeness (QED) is 0.826. The molecule has 0 radical (unpaired) electrons. The van der Waals surface area contributed by atoms with Gasteiger partial charge in [0.25, 0.3) is 0 Å². The van der Waals surface area contributed by atoms with Crippen LogP contribution in [0.15, 0.2) is 27.6 Å². The van der Waals surface area contributed by atoms with Gasteiger partial charge in [0.2, 0.25) is 15.9 Å². The lowest BCUT2D eigenvalue weighted by atomic mass is 10.2. The number of piperazine rings is 1. The fourth-order valence-electron chi connectivity index (χ4n) is 2.27. The summed E-state index contributed by atoms with van der Waals surface area (Å²) in [4.78, 5) is 14.1. The molecule has 122 valence electrons. The first-order valence-corrected chi connectivity index (χ1v) is 9.26. The Morgan fingerprint density at radius 3 is 2.59 bits per heavy atom. The zero-order valence-corrected chi connectivity index (χ0v) is 15.1. The number of amides is 1. The van der Waals surface area contributed by atoms with Crippen molar-refractivity contribution in [2.24, 2.45) is 0 Å². The van der Waals surface area contributed by atoms with Gasteiger partial charge < -0.3 is 10.2 Å². The summed E-state index contributed by atoms with van der Waals surface area (Å²) in [6, 6.07) is 5.04. The van der Waals surface area contributed by atoms with Crippen molar-refractivity contribution >= 4 is 31.9 Å². The molecule has 0 unspecified atom stereocenters. The number of carbonyl (C=O) groups is 1. The fourth-order valence-corrected chi connectivity index (χ4v) is 4.54. The Hall–Kier alpha value is -0.960. The van der Waals surface area contributed by atoms with E-state index in [-0.39, 0.29) is 17.3 Å². The summed E-state index contributed by atoms with van der Waals surface area (Å²) in [6.45, 7) is 4.45. The third kappa shape index (κ3) is 3.87. The highest BCUT2D eigenvalue weighted by molar-refractivity contribution is 9.10. The van der Waals surface area contributed by atoms with Gasteiger partial charge in [-0.15, -0.1) is 0 Å². The van der Waals surface area contributed by atoms with Gasteiger partial charge >= 0.3 is 0 Å². The minimum Gasteiger partial charge on any atom is -0.339 e. The number of halogens is 1.